The van der Waals surface area contributed by atoms with Crippen molar-refractivity contribution >= 4 is 23.4 Å². The Morgan fingerprint density at radius 1 is 1.25 bits per heavy atom. The van der Waals surface area contributed by atoms with Crippen molar-refractivity contribution in [3.8, 4) is 0 Å². The van der Waals surface area contributed by atoms with E-state index in [9.17, 15) is 0 Å². The summed E-state index contributed by atoms with van der Waals surface area (Å²) in [6, 6.07) is 2.69. The van der Waals surface area contributed by atoms with E-state index in [1.807, 2.05) is 6.26 Å². The van der Waals surface area contributed by atoms with Crippen molar-refractivity contribution < 1.29 is 0 Å². The van der Waals surface area contributed by atoms with Crippen LogP contribution in [0, 0.1) is 0 Å². The maximum atomic E-state index is 4.65. The topological polar surface area (TPSA) is 44.3 Å². The van der Waals surface area contributed by atoms with Gasteiger partial charge in [-0.25, -0.2) is 9.97 Å². The first-order chi connectivity index (χ1) is 9.63. The van der Waals surface area contributed by atoms with Crippen molar-refractivity contribution in [2.24, 2.45) is 0 Å². The summed E-state index contributed by atoms with van der Waals surface area (Å²) in [4.78, 5) is 14.0. The average molecular weight is 295 g/mol. The Hall–Kier alpha value is -1.01. The minimum absolute atomic E-state index is 0.627. The molecule has 0 unspecified atom stereocenters. The summed E-state index contributed by atoms with van der Waals surface area (Å²) in [5.74, 6) is 1.97. The van der Waals surface area contributed by atoms with Gasteiger partial charge in [-0.05, 0) is 27.0 Å². The van der Waals surface area contributed by atoms with Crippen LogP contribution >= 0.6 is 11.8 Å². The number of hydrogen-bond donors (Lipinski definition) is 1. The minimum Gasteiger partial charge on any atom is -0.370 e. The molecule has 5 nitrogen and oxygen atoms in total. The van der Waals surface area contributed by atoms with Crippen molar-refractivity contribution in [2.75, 3.05) is 49.2 Å². The molecule has 0 amide bonds. The summed E-state index contributed by atoms with van der Waals surface area (Å²) in [6.07, 6.45) is 2.02. The monoisotopic (exact) mass is 295 g/mol. The molecule has 2 heterocycles. The molecule has 1 saturated heterocycles. The van der Waals surface area contributed by atoms with Crippen molar-refractivity contribution in [1.29, 1.82) is 0 Å². The van der Waals surface area contributed by atoms with E-state index in [-0.39, 0.29) is 0 Å². The zero-order valence-corrected chi connectivity index (χ0v) is 13.7. The third-order valence-electron chi connectivity index (χ3n) is 3.60. The van der Waals surface area contributed by atoms with Crippen LogP contribution in [0.1, 0.15) is 20.8 Å². The highest BCUT2D eigenvalue weighted by molar-refractivity contribution is 7.98. The van der Waals surface area contributed by atoms with Gasteiger partial charge in [-0.3, -0.25) is 4.90 Å². The summed E-state index contributed by atoms with van der Waals surface area (Å²) in [6.45, 7) is 11.8. The molecule has 6 heteroatoms. The lowest BCUT2D eigenvalue weighted by Gasteiger charge is -2.37. The van der Waals surface area contributed by atoms with Gasteiger partial charge < -0.3 is 10.2 Å². The van der Waals surface area contributed by atoms with Gasteiger partial charge in [-0.2, -0.15) is 0 Å². The standard InChI is InChI=1S/C14H25N5S/c1-5-15-12-10-13(17-14(16-12)20-4)19-8-6-18(7-9-19)11(2)3/h10-11H,5-9H2,1-4H3,(H,15,16,17). The fourth-order valence-electron chi connectivity index (χ4n) is 2.41. The molecule has 1 aromatic rings. The van der Waals surface area contributed by atoms with Gasteiger partial charge in [0.1, 0.15) is 11.6 Å². The molecular formula is C14H25N5S. The molecule has 0 aliphatic carbocycles. The number of piperazine rings is 1. The van der Waals surface area contributed by atoms with Gasteiger partial charge in [0, 0.05) is 44.8 Å². The Labute approximate surface area is 126 Å². The van der Waals surface area contributed by atoms with Gasteiger partial charge in [0.2, 0.25) is 0 Å². The van der Waals surface area contributed by atoms with Crippen LogP contribution < -0.4 is 10.2 Å². The van der Waals surface area contributed by atoms with Crippen LogP contribution in [0.3, 0.4) is 0 Å². The second kappa shape index (κ2) is 7.13. The molecule has 0 atom stereocenters. The Kier molecular flexibility index (Phi) is 5.48. The van der Waals surface area contributed by atoms with Crippen LogP contribution in [0.2, 0.25) is 0 Å². The van der Waals surface area contributed by atoms with Gasteiger partial charge in [0.05, 0.1) is 0 Å². The quantitative estimate of drug-likeness (QED) is 0.663. The van der Waals surface area contributed by atoms with Crippen molar-refractivity contribution in [3.63, 3.8) is 0 Å². The third-order valence-corrected chi connectivity index (χ3v) is 4.15. The molecule has 2 rings (SSSR count). The zero-order valence-electron chi connectivity index (χ0n) is 12.9. The summed E-state index contributed by atoms with van der Waals surface area (Å²) in [5.41, 5.74) is 0. The molecule has 1 N–H and O–H groups in total. The molecule has 112 valence electrons. The highest BCUT2D eigenvalue weighted by Crippen LogP contribution is 2.21. The van der Waals surface area contributed by atoms with Gasteiger partial charge in [-0.15, -0.1) is 0 Å². The number of nitrogens with zero attached hydrogens (tertiary/aromatic N) is 4. The second-order valence-corrected chi connectivity index (χ2v) is 6.02. The first kappa shape index (κ1) is 15.4. The number of anilines is 2. The number of nitrogens with one attached hydrogen (secondary N) is 1. The Bertz CT molecular complexity index is 430. The zero-order chi connectivity index (χ0) is 14.5. The summed E-state index contributed by atoms with van der Waals surface area (Å²) < 4.78 is 0. The predicted octanol–water partition coefficient (Wildman–Crippen LogP) is 2.16. The first-order valence-corrected chi connectivity index (χ1v) is 8.52. The summed E-state index contributed by atoms with van der Waals surface area (Å²) >= 11 is 1.59. The fourth-order valence-corrected chi connectivity index (χ4v) is 2.78. The van der Waals surface area contributed by atoms with Gasteiger partial charge in [-0.1, -0.05) is 11.8 Å². The lowest BCUT2D eigenvalue weighted by Crippen LogP contribution is -2.49. The Balaban J connectivity index is 2.10. The molecule has 0 saturated carbocycles. The van der Waals surface area contributed by atoms with Crippen LogP contribution in [-0.4, -0.2) is 59.9 Å². The molecule has 0 aromatic carbocycles. The lowest BCUT2D eigenvalue weighted by atomic mass is 10.2. The number of aromatic nitrogens is 2. The third kappa shape index (κ3) is 3.76. The SMILES string of the molecule is CCNc1cc(N2CCN(C(C)C)CC2)nc(SC)n1. The molecule has 0 spiro atoms. The second-order valence-electron chi connectivity index (χ2n) is 5.25. The maximum absolute atomic E-state index is 4.65. The summed E-state index contributed by atoms with van der Waals surface area (Å²) in [5, 5.41) is 4.12. The van der Waals surface area contributed by atoms with Crippen molar-refractivity contribution in [3.05, 3.63) is 6.07 Å². The Morgan fingerprint density at radius 3 is 2.50 bits per heavy atom. The molecule has 1 aliphatic heterocycles. The van der Waals surface area contributed by atoms with E-state index in [1.165, 1.54) is 0 Å². The first-order valence-electron chi connectivity index (χ1n) is 7.30. The number of hydrogen-bond acceptors (Lipinski definition) is 6. The lowest BCUT2D eigenvalue weighted by molar-refractivity contribution is 0.209. The fraction of sp³-hybridized carbons (Fsp3) is 0.714. The smallest absolute Gasteiger partial charge is 0.191 e. The van der Waals surface area contributed by atoms with E-state index in [4.69, 9.17) is 0 Å². The normalized spacial score (nSPS) is 16.8. The molecule has 20 heavy (non-hydrogen) atoms. The van der Waals surface area contributed by atoms with E-state index in [1.54, 1.807) is 11.8 Å². The molecule has 1 fully saturated rings. The van der Waals surface area contributed by atoms with Crippen LogP contribution in [0.25, 0.3) is 0 Å². The van der Waals surface area contributed by atoms with E-state index in [2.05, 4.69) is 51.9 Å². The van der Waals surface area contributed by atoms with E-state index >= 15 is 0 Å². The Morgan fingerprint density at radius 2 is 1.95 bits per heavy atom. The molecule has 1 aliphatic rings. The van der Waals surface area contributed by atoms with Crippen LogP contribution in [0.15, 0.2) is 11.2 Å². The van der Waals surface area contributed by atoms with Crippen molar-refractivity contribution in [2.45, 2.75) is 32.0 Å². The molecular weight excluding hydrogens is 270 g/mol. The van der Waals surface area contributed by atoms with Crippen LogP contribution in [0.5, 0.6) is 0 Å². The predicted molar refractivity (Wildman–Crippen MR) is 86.9 cm³/mol. The highest BCUT2D eigenvalue weighted by atomic mass is 32.2. The van der Waals surface area contributed by atoms with Gasteiger partial charge in [0.15, 0.2) is 5.16 Å². The summed E-state index contributed by atoms with van der Waals surface area (Å²) in [7, 11) is 0. The number of thioether (sulfide) groups is 1. The van der Waals surface area contributed by atoms with E-state index < -0.39 is 0 Å². The van der Waals surface area contributed by atoms with Gasteiger partial charge >= 0.3 is 0 Å². The molecule has 1 aromatic heterocycles. The van der Waals surface area contributed by atoms with Crippen molar-refractivity contribution in [1.82, 2.24) is 14.9 Å². The highest BCUT2D eigenvalue weighted by Gasteiger charge is 2.20. The average Bonchev–Trinajstić information content (AvgIpc) is 2.47. The van der Waals surface area contributed by atoms with Crippen LogP contribution in [0.4, 0.5) is 11.6 Å². The largest absolute Gasteiger partial charge is 0.370 e. The molecule has 0 bridgehead atoms. The minimum atomic E-state index is 0.627. The van der Waals surface area contributed by atoms with E-state index in [0.717, 1.165) is 49.5 Å². The van der Waals surface area contributed by atoms with E-state index in [0.29, 0.717) is 6.04 Å². The molecule has 0 radical (unpaired) electrons. The number of rotatable bonds is 5. The van der Waals surface area contributed by atoms with Gasteiger partial charge in [0.25, 0.3) is 0 Å². The maximum Gasteiger partial charge on any atom is 0.191 e. The van der Waals surface area contributed by atoms with Crippen LogP contribution in [-0.2, 0) is 0 Å².